The Morgan fingerprint density at radius 3 is 2.30 bits per heavy atom. The van der Waals surface area contributed by atoms with Crippen molar-refractivity contribution < 1.29 is 22.0 Å². The molecular weight excluding hydrogens is 277 g/mol. The third-order valence-electron chi connectivity index (χ3n) is 2.65. The van der Waals surface area contributed by atoms with Crippen molar-refractivity contribution in [3.8, 4) is 11.3 Å². The van der Waals surface area contributed by atoms with Crippen LogP contribution in [0.25, 0.3) is 17.3 Å². The minimum absolute atomic E-state index is 0.0228. The van der Waals surface area contributed by atoms with Gasteiger partial charge in [-0.3, -0.25) is 4.98 Å². The molecule has 1 aromatic heterocycles. The Morgan fingerprint density at radius 2 is 1.80 bits per heavy atom. The van der Waals surface area contributed by atoms with Crippen molar-refractivity contribution in [3.63, 3.8) is 0 Å². The van der Waals surface area contributed by atoms with Crippen molar-refractivity contribution in [2.45, 2.75) is 6.18 Å². The lowest BCUT2D eigenvalue weighted by molar-refractivity contribution is -0.137. The van der Waals surface area contributed by atoms with Gasteiger partial charge in [0.1, 0.15) is 11.6 Å². The molecule has 0 radical (unpaired) electrons. The number of aromatic nitrogens is 1. The maximum absolute atomic E-state index is 13.8. The van der Waals surface area contributed by atoms with Gasteiger partial charge in [0.15, 0.2) is 0 Å². The first-order valence-corrected chi connectivity index (χ1v) is 5.48. The minimum atomic E-state index is -4.52. The van der Waals surface area contributed by atoms with E-state index in [0.29, 0.717) is 12.3 Å². The number of halogens is 5. The van der Waals surface area contributed by atoms with E-state index in [0.717, 1.165) is 18.2 Å². The fourth-order valence-corrected chi connectivity index (χ4v) is 1.73. The van der Waals surface area contributed by atoms with Gasteiger partial charge < -0.3 is 0 Å². The van der Waals surface area contributed by atoms with E-state index in [1.165, 1.54) is 6.08 Å². The van der Waals surface area contributed by atoms with Gasteiger partial charge in [0, 0.05) is 17.8 Å². The number of pyridine rings is 1. The molecule has 20 heavy (non-hydrogen) atoms. The molecule has 0 aliphatic rings. The Kier molecular flexibility index (Phi) is 3.57. The van der Waals surface area contributed by atoms with Crippen molar-refractivity contribution >= 4 is 6.08 Å². The Balaban J connectivity index is 2.55. The van der Waals surface area contributed by atoms with Crippen LogP contribution >= 0.6 is 0 Å². The van der Waals surface area contributed by atoms with Gasteiger partial charge in [-0.1, -0.05) is 12.7 Å². The topological polar surface area (TPSA) is 12.9 Å². The number of hydrogen-bond acceptors (Lipinski definition) is 1. The minimum Gasteiger partial charge on any atom is -0.256 e. The first-order chi connectivity index (χ1) is 9.32. The summed E-state index contributed by atoms with van der Waals surface area (Å²) >= 11 is 0. The van der Waals surface area contributed by atoms with Crippen molar-refractivity contribution in [1.82, 2.24) is 4.98 Å². The lowest BCUT2D eigenvalue weighted by atomic mass is 10.0. The van der Waals surface area contributed by atoms with Crippen LogP contribution < -0.4 is 0 Å². The van der Waals surface area contributed by atoms with E-state index >= 15 is 0 Å². The van der Waals surface area contributed by atoms with Gasteiger partial charge in [0.2, 0.25) is 0 Å². The van der Waals surface area contributed by atoms with E-state index < -0.39 is 23.4 Å². The van der Waals surface area contributed by atoms with Crippen LogP contribution in [-0.4, -0.2) is 4.98 Å². The Bertz CT molecular complexity index is 644. The molecule has 1 aromatic carbocycles. The van der Waals surface area contributed by atoms with E-state index in [2.05, 4.69) is 11.6 Å². The van der Waals surface area contributed by atoms with Gasteiger partial charge in [-0.05, 0) is 23.8 Å². The summed E-state index contributed by atoms with van der Waals surface area (Å²) < 4.78 is 64.1. The van der Waals surface area contributed by atoms with E-state index in [1.807, 2.05) is 0 Å². The molecule has 6 heteroatoms. The molecule has 0 saturated heterocycles. The molecule has 0 fully saturated rings. The van der Waals surface area contributed by atoms with E-state index in [-0.39, 0.29) is 16.8 Å². The zero-order valence-electron chi connectivity index (χ0n) is 10.0. The third-order valence-corrected chi connectivity index (χ3v) is 2.65. The normalized spacial score (nSPS) is 11.4. The van der Waals surface area contributed by atoms with Crippen molar-refractivity contribution in [2.75, 3.05) is 0 Å². The first-order valence-electron chi connectivity index (χ1n) is 5.48. The summed E-state index contributed by atoms with van der Waals surface area (Å²) in [6.07, 6.45) is -2.71. The molecule has 2 rings (SSSR count). The van der Waals surface area contributed by atoms with Crippen LogP contribution in [0.15, 0.2) is 37.0 Å². The second kappa shape index (κ2) is 5.03. The Hall–Kier alpha value is -2.24. The second-order valence-corrected chi connectivity index (χ2v) is 3.99. The lowest BCUT2D eigenvalue weighted by Crippen LogP contribution is -2.05. The summed E-state index contributed by atoms with van der Waals surface area (Å²) in [5.41, 5.74) is -0.931. The first kappa shape index (κ1) is 14.2. The molecule has 0 spiro atoms. The summed E-state index contributed by atoms with van der Waals surface area (Å²) in [7, 11) is 0. The van der Waals surface area contributed by atoms with Crippen LogP contribution in [0.3, 0.4) is 0 Å². The van der Waals surface area contributed by atoms with Gasteiger partial charge in [-0.15, -0.1) is 0 Å². The van der Waals surface area contributed by atoms with Crippen LogP contribution in [0.2, 0.25) is 0 Å². The molecule has 0 aliphatic carbocycles. The fraction of sp³-hybridized carbons (Fsp3) is 0.0714. The highest BCUT2D eigenvalue weighted by Gasteiger charge is 2.30. The predicted molar refractivity (Wildman–Crippen MR) is 64.7 cm³/mol. The largest absolute Gasteiger partial charge is 0.417 e. The summed E-state index contributed by atoms with van der Waals surface area (Å²) in [6, 6.07) is 3.50. The second-order valence-electron chi connectivity index (χ2n) is 3.99. The molecular formula is C14H8F5N. The number of benzene rings is 1. The highest BCUT2D eigenvalue weighted by atomic mass is 19.4. The number of alkyl halides is 3. The molecule has 1 nitrogen and oxygen atoms in total. The SMILES string of the molecule is C=Cc1cc(F)cc(F)c1-c1ccc(C(F)(F)F)cn1. The average molecular weight is 285 g/mol. The smallest absolute Gasteiger partial charge is 0.256 e. The molecule has 0 aliphatic heterocycles. The molecule has 2 aromatic rings. The summed E-state index contributed by atoms with van der Waals surface area (Å²) in [5.74, 6) is -1.71. The maximum Gasteiger partial charge on any atom is 0.417 e. The summed E-state index contributed by atoms with van der Waals surface area (Å²) in [5, 5.41) is 0. The van der Waals surface area contributed by atoms with E-state index in [1.54, 1.807) is 0 Å². The van der Waals surface area contributed by atoms with Crippen LogP contribution in [-0.2, 0) is 6.18 Å². The predicted octanol–water partition coefficient (Wildman–Crippen LogP) is 4.69. The number of nitrogens with zero attached hydrogens (tertiary/aromatic N) is 1. The van der Waals surface area contributed by atoms with Crippen molar-refractivity contribution in [3.05, 3.63) is 59.8 Å². The molecule has 0 saturated carbocycles. The van der Waals surface area contributed by atoms with Gasteiger partial charge in [-0.2, -0.15) is 13.2 Å². The van der Waals surface area contributed by atoms with Gasteiger partial charge in [0.05, 0.1) is 11.3 Å². The third kappa shape index (κ3) is 2.68. The maximum atomic E-state index is 13.8. The monoisotopic (exact) mass is 285 g/mol. The van der Waals surface area contributed by atoms with E-state index in [9.17, 15) is 22.0 Å². The molecule has 104 valence electrons. The zero-order valence-corrected chi connectivity index (χ0v) is 10.0. The van der Waals surface area contributed by atoms with Crippen molar-refractivity contribution in [2.24, 2.45) is 0 Å². The highest BCUT2D eigenvalue weighted by molar-refractivity contribution is 5.73. The molecule has 1 heterocycles. The van der Waals surface area contributed by atoms with Gasteiger partial charge in [-0.25, -0.2) is 8.78 Å². The summed E-state index contributed by atoms with van der Waals surface area (Å²) in [6.45, 7) is 3.42. The van der Waals surface area contributed by atoms with Crippen LogP contribution in [0, 0.1) is 11.6 Å². The highest BCUT2D eigenvalue weighted by Crippen LogP contribution is 2.31. The summed E-state index contributed by atoms with van der Waals surface area (Å²) in [4.78, 5) is 3.58. The quantitative estimate of drug-likeness (QED) is 0.729. The molecule has 0 bridgehead atoms. The molecule has 0 unspecified atom stereocenters. The Labute approximate surface area is 111 Å². The molecule has 0 atom stereocenters. The average Bonchev–Trinajstić information content (AvgIpc) is 2.37. The van der Waals surface area contributed by atoms with Crippen LogP contribution in [0.1, 0.15) is 11.1 Å². The van der Waals surface area contributed by atoms with Crippen LogP contribution in [0.5, 0.6) is 0 Å². The van der Waals surface area contributed by atoms with Crippen molar-refractivity contribution in [1.29, 1.82) is 0 Å². The number of rotatable bonds is 2. The Morgan fingerprint density at radius 1 is 1.10 bits per heavy atom. The fourth-order valence-electron chi connectivity index (χ4n) is 1.73. The molecule has 0 N–H and O–H groups in total. The van der Waals surface area contributed by atoms with E-state index in [4.69, 9.17) is 0 Å². The number of hydrogen-bond donors (Lipinski definition) is 0. The van der Waals surface area contributed by atoms with Gasteiger partial charge in [0.25, 0.3) is 0 Å². The zero-order chi connectivity index (χ0) is 14.9. The standard InChI is InChI=1S/C14H8F5N/c1-2-8-5-10(15)6-11(16)13(8)12-4-3-9(7-20-12)14(17,18)19/h2-7H,1H2. The molecule has 0 amide bonds. The lowest BCUT2D eigenvalue weighted by Gasteiger charge is -2.10. The van der Waals surface area contributed by atoms with Gasteiger partial charge >= 0.3 is 6.18 Å². The van der Waals surface area contributed by atoms with Crippen LogP contribution in [0.4, 0.5) is 22.0 Å².